The van der Waals surface area contributed by atoms with E-state index in [2.05, 4.69) is 5.32 Å². The van der Waals surface area contributed by atoms with Crippen LogP contribution in [0.3, 0.4) is 0 Å². The number of rotatable bonds is 6. The largest absolute Gasteiger partial charge is 0.350 e. The maximum absolute atomic E-state index is 12.8. The van der Waals surface area contributed by atoms with Gasteiger partial charge in [-0.05, 0) is 50.6 Å². The highest BCUT2D eigenvalue weighted by atomic mass is 35.5. The summed E-state index contributed by atoms with van der Waals surface area (Å²) < 4.78 is 26.8. The van der Waals surface area contributed by atoms with E-state index in [9.17, 15) is 13.2 Å². The van der Waals surface area contributed by atoms with Crippen LogP contribution >= 0.6 is 11.6 Å². The number of carbonyl (C=O) groups excluding carboxylic acids is 1. The predicted molar refractivity (Wildman–Crippen MR) is 105 cm³/mol. The molecule has 2 rings (SSSR count). The number of anilines is 1. The molecule has 2 aromatic rings. The minimum Gasteiger partial charge on any atom is -0.350 e. The first-order chi connectivity index (χ1) is 12.2. The van der Waals surface area contributed by atoms with E-state index in [-0.39, 0.29) is 27.4 Å². The van der Waals surface area contributed by atoms with Crippen molar-refractivity contribution < 1.29 is 13.2 Å². The lowest BCUT2D eigenvalue weighted by atomic mass is 10.1. The number of benzene rings is 2. The minimum absolute atomic E-state index is 0.00348. The van der Waals surface area contributed by atoms with Crippen LogP contribution in [0.15, 0.2) is 47.4 Å². The summed E-state index contributed by atoms with van der Waals surface area (Å²) in [6.07, 6.45) is 0.782. The van der Waals surface area contributed by atoms with Crippen LogP contribution in [0.2, 0.25) is 5.02 Å². The van der Waals surface area contributed by atoms with Crippen molar-refractivity contribution in [2.24, 2.45) is 0 Å². The summed E-state index contributed by atoms with van der Waals surface area (Å²) >= 11 is 6.14. The van der Waals surface area contributed by atoms with Gasteiger partial charge in [-0.15, -0.1) is 0 Å². The van der Waals surface area contributed by atoms with Gasteiger partial charge in [0.1, 0.15) is 0 Å². The van der Waals surface area contributed by atoms with Gasteiger partial charge in [-0.25, -0.2) is 8.42 Å². The van der Waals surface area contributed by atoms with E-state index < -0.39 is 10.0 Å². The lowest BCUT2D eigenvalue weighted by Gasteiger charge is -2.21. The number of nitrogens with one attached hydrogen (secondary N) is 1. The Labute approximate surface area is 160 Å². The molecular formula is C19H23ClN2O3S. The Bertz CT molecular complexity index is 896. The van der Waals surface area contributed by atoms with Gasteiger partial charge in [0.15, 0.2) is 0 Å². The number of aryl methyl sites for hydroxylation is 1. The Morgan fingerprint density at radius 3 is 2.38 bits per heavy atom. The third-order valence-corrected chi connectivity index (χ3v) is 6.36. The summed E-state index contributed by atoms with van der Waals surface area (Å²) in [6, 6.07) is 11.2. The van der Waals surface area contributed by atoms with Crippen LogP contribution in [-0.4, -0.2) is 27.4 Å². The number of sulfonamides is 1. The molecule has 0 radical (unpaired) electrons. The smallest absolute Gasteiger partial charge is 0.264 e. The highest BCUT2D eigenvalue weighted by Gasteiger charge is 2.23. The summed E-state index contributed by atoms with van der Waals surface area (Å²) in [5.41, 5.74) is 1.58. The zero-order chi connectivity index (χ0) is 19.5. The normalized spacial score (nSPS) is 12.5. The lowest BCUT2D eigenvalue weighted by Crippen LogP contribution is -2.32. The second-order valence-electron chi connectivity index (χ2n) is 6.23. The summed E-state index contributed by atoms with van der Waals surface area (Å²) in [7, 11) is -2.28. The average Bonchev–Trinajstić information content (AvgIpc) is 2.61. The topological polar surface area (TPSA) is 66.5 Å². The summed E-state index contributed by atoms with van der Waals surface area (Å²) in [5, 5.41) is 3.11. The molecule has 7 heteroatoms. The Morgan fingerprint density at radius 2 is 1.81 bits per heavy atom. The van der Waals surface area contributed by atoms with E-state index in [0.717, 1.165) is 16.3 Å². The molecule has 0 spiro atoms. The van der Waals surface area contributed by atoms with Gasteiger partial charge < -0.3 is 5.32 Å². The molecule has 0 saturated carbocycles. The van der Waals surface area contributed by atoms with Gasteiger partial charge in [0.25, 0.3) is 15.9 Å². The van der Waals surface area contributed by atoms with Crippen molar-refractivity contribution in [3.05, 3.63) is 58.6 Å². The van der Waals surface area contributed by atoms with Gasteiger partial charge in [0.2, 0.25) is 0 Å². The van der Waals surface area contributed by atoms with E-state index in [4.69, 9.17) is 11.6 Å². The van der Waals surface area contributed by atoms with E-state index in [0.29, 0.717) is 5.69 Å². The van der Waals surface area contributed by atoms with Crippen LogP contribution in [-0.2, 0) is 10.0 Å². The van der Waals surface area contributed by atoms with Crippen molar-refractivity contribution in [2.45, 2.75) is 38.1 Å². The van der Waals surface area contributed by atoms with Crippen molar-refractivity contribution >= 4 is 33.2 Å². The quantitative estimate of drug-likeness (QED) is 0.805. The summed E-state index contributed by atoms with van der Waals surface area (Å²) in [6.45, 7) is 5.75. The molecule has 0 unspecified atom stereocenters. The van der Waals surface area contributed by atoms with Crippen molar-refractivity contribution in [2.75, 3.05) is 11.4 Å². The first-order valence-electron chi connectivity index (χ1n) is 8.32. The standard InChI is InChI=1S/C19H23ClN2O3S/c1-5-14(3)21-19(23)17-12-15(8-11-18(17)20)22(4)26(24,25)16-9-6-13(2)7-10-16/h6-12,14H,5H2,1-4H3,(H,21,23)/t14-/m1/s1. The Balaban J connectivity index is 2.37. The number of carbonyl (C=O) groups is 1. The molecule has 1 atom stereocenters. The molecule has 2 aromatic carbocycles. The molecule has 1 amide bonds. The van der Waals surface area contributed by atoms with Crippen molar-refractivity contribution in [1.29, 1.82) is 0 Å². The second-order valence-corrected chi connectivity index (χ2v) is 8.61. The van der Waals surface area contributed by atoms with Crippen molar-refractivity contribution in [1.82, 2.24) is 5.32 Å². The molecule has 5 nitrogen and oxygen atoms in total. The molecule has 26 heavy (non-hydrogen) atoms. The Kier molecular flexibility index (Phi) is 6.31. The minimum atomic E-state index is -3.73. The van der Waals surface area contributed by atoms with Gasteiger partial charge in [0.05, 0.1) is 21.2 Å². The van der Waals surface area contributed by atoms with Gasteiger partial charge in [0, 0.05) is 13.1 Å². The zero-order valence-electron chi connectivity index (χ0n) is 15.3. The summed E-state index contributed by atoms with van der Waals surface area (Å²) in [5.74, 6) is -0.327. The molecule has 140 valence electrons. The second kappa shape index (κ2) is 8.10. The fourth-order valence-electron chi connectivity index (χ4n) is 2.29. The molecule has 0 aliphatic rings. The molecule has 0 saturated heterocycles. The number of hydrogen-bond acceptors (Lipinski definition) is 3. The SMILES string of the molecule is CC[C@@H](C)NC(=O)c1cc(N(C)S(=O)(=O)c2ccc(C)cc2)ccc1Cl. The third-order valence-electron chi connectivity index (χ3n) is 4.23. The molecule has 0 heterocycles. The monoisotopic (exact) mass is 394 g/mol. The molecule has 0 aliphatic carbocycles. The van der Waals surface area contributed by atoms with Gasteiger partial charge >= 0.3 is 0 Å². The first-order valence-corrected chi connectivity index (χ1v) is 10.1. The van der Waals surface area contributed by atoms with Crippen LogP contribution < -0.4 is 9.62 Å². The number of amides is 1. The number of hydrogen-bond donors (Lipinski definition) is 1. The van der Waals surface area contributed by atoms with E-state index in [1.807, 2.05) is 20.8 Å². The Hall–Kier alpha value is -2.05. The number of nitrogens with zero attached hydrogens (tertiary/aromatic N) is 1. The van der Waals surface area contributed by atoms with Crippen molar-refractivity contribution in [3.63, 3.8) is 0 Å². The molecular weight excluding hydrogens is 372 g/mol. The fraction of sp³-hybridized carbons (Fsp3) is 0.316. The highest BCUT2D eigenvalue weighted by Crippen LogP contribution is 2.27. The maximum Gasteiger partial charge on any atom is 0.264 e. The van der Waals surface area contributed by atoms with Gasteiger partial charge in [-0.1, -0.05) is 36.2 Å². The molecule has 0 bridgehead atoms. The van der Waals surface area contributed by atoms with Crippen LogP contribution in [0.25, 0.3) is 0 Å². The van der Waals surface area contributed by atoms with E-state index in [1.165, 1.54) is 19.2 Å². The lowest BCUT2D eigenvalue weighted by molar-refractivity contribution is 0.0939. The number of halogens is 1. The summed E-state index contributed by atoms with van der Waals surface area (Å²) in [4.78, 5) is 12.6. The first kappa shape index (κ1) is 20.3. The van der Waals surface area contributed by atoms with Crippen molar-refractivity contribution in [3.8, 4) is 0 Å². The highest BCUT2D eigenvalue weighted by molar-refractivity contribution is 7.92. The molecule has 1 N–H and O–H groups in total. The van der Waals surface area contributed by atoms with Gasteiger partial charge in [-0.2, -0.15) is 0 Å². The Morgan fingerprint density at radius 1 is 1.19 bits per heavy atom. The van der Waals surface area contributed by atoms with Crippen LogP contribution in [0.1, 0.15) is 36.2 Å². The third kappa shape index (κ3) is 4.37. The van der Waals surface area contributed by atoms with E-state index in [1.54, 1.807) is 30.3 Å². The molecule has 0 aromatic heterocycles. The van der Waals surface area contributed by atoms with Crippen LogP contribution in [0, 0.1) is 6.92 Å². The predicted octanol–water partition coefficient (Wildman–Crippen LogP) is 4.00. The van der Waals surface area contributed by atoms with Crippen LogP contribution in [0.4, 0.5) is 5.69 Å². The van der Waals surface area contributed by atoms with E-state index >= 15 is 0 Å². The van der Waals surface area contributed by atoms with Crippen LogP contribution in [0.5, 0.6) is 0 Å². The molecule has 0 aliphatic heterocycles. The fourth-order valence-corrected chi connectivity index (χ4v) is 3.68. The molecule has 0 fully saturated rings. The zero-order valence-corrected chi connectivity index (χ0v) is 16.9. The van der Waals surface area contributed by atoms with Gasteiger partial charge in [-0.3, -0.25) is 9.10 Å². The average molecular weight is 395 g/mol. The maximum atomic E-state index is 12.8.